The second-order valence-electron chi connectivity index (χ2n) is 6.75. The van der Waals surface area contributed by atoms with Gasteiger partial charge in [-0.3, -0.25) is 4.90 Å². The molecule has 0 aliphatic carbocycles. The molecule has 6 heteroatoms. The van der Waals surface area contributed by atoms with Gasteiger partial charge in [-0.05, 0) is 40.8 Å². The van der Waals surface area contributed by atoms with E-state index < -0.39 is 9.84 Å². The number of furan rings is 1. The first-order valence-electron chi connectivity index (χ1n) is 8.28. The van der Waals surface area contributed by atoms with Crippen LogP contribution in [0.3, 0.4) is 0 Å². The minimum atomic E-state index is -3.24. The van der Waals surface area contributed by atoms with Gasteiger partial charge in [0.15, 0.2) is 9.84 Å². The molecule has 2 aromatic heterocycles. The topological polar surface area (TPSA) is 50.5 Å². The van der Waals surface area contributed by atoms with Crippen LogP contribution in [0.4, 0.5) is 0 Å². The molecular formula is C19H17NO3S2. The van der Waals surface area contributed by atoms with Crippen LogP contribution >= 0.6 is 11.3 Å². The Hall–Kier alpha value is -1.89. The summed E-state index contributed by atoms with van der Waals surface area (Å²) in [5.41, 5.74) is 3.19. The Bertz CT molecular complexity index is 1010. The van der Waals surface area contributed by atoms with Gasteiger partial charge in [0.1, 0.15) is 0 Å². The maximum absolute atomic E-state index is 13.0. The number of fused-ring (bicyclic) bond motifs is 3. The molecule has 0 N–H and O–H groups in total. The number of sulfone groups is 1. The summed E-state index contributed by atoms with van der Waals surface area (Å²) in [5, 5.41) is 1.72. The Kier molecular flexibility index (Phi) is 3.42. The van der Waals surface area contributed by atoms with E-state index in [1.807, 2.05) is 23.6 Å². The summed E-state index contributed by atoms with van der Waals surface area (Å²) in [6.45, 7) is 2.09. The van der Waals surface area contributed by atoms with Crippen LogP contribution in [-0.2, 0) is 16.4 Å². The van der Waals surface area contributed by atoms with Crippen LogP contribution in [0.1, 0.15) is 17.0 Å². The lowest BCUT2D eigenvalue weighted by Crippen LogP contribution is -2.25. The molecule has 2 aliphatic heterocycles. The average molecular weight is 371 g/mol. The lowest BCUT2D eigenvalue weighted by molar-refractivity contribution is 0.324. The molecular weight excluding hydrogens is 354 g/mol. The van der Waals surface area contributed by atoms with Crippen molar-refractivity contribution >= 4 is 21.2 Å². The van der Waals surface area contributed by atoms with Crippen LogP contribution in [0.25, 0.3) is 10.4 Å². The summed E-state index contributed by atoms with van der Waals surface area (Å²) < 4.78 is 31.1. The highest BCUT2D eigenvalue weighted by molar-refractivity contribution is 7.92. The Morgan fingerprint density at radius 1 is 1.20 bits per heavy atom. The summed E-state index contributed by atoms with van der Waals surface area (Å²) in [4.78, 5) is 3.93. The highest BCUT2D eigenvalue weighted by Gasteiger charge is 2.50. The minimum Gasteiger partial charge on any atom is -0.472 e. The van der Waals surface area contributed by atoms with Crippen LogP contribution in [-0.4, -0.2) is 31.7 Å². The lowest BCUT2D eigenvalue weighted by atomic mass is 9.96. The van der Waals surface area contributed by atoms with Gasteiger partial charge in [-0.25, -0.2) is 8.42 Å². The van der Waals surface area contributed by atoms with Gasteiger partial charge in [0.05, 0.1) is 22.7 Å². The van der Waals surface area contributed by atoms with Crippen molar-refractivity contribution in [3.63, 3.8) is 0 Å². The molecule has 128 valence electrons. The summed E-state index contributed by atoms with van der Waals surface area (Å²) in [6.07, 6.45) is 3.39. The van der Waals surface area contributed by atoms with Crippen molar-refractivity contribution in [2.24, 2.45) is 0 Å². The first-order chi connectivity index (χ1) is 12.1. The molecule has 1 saturated heterocycles. The van der Waals surface area contributed by atoms with Crippen molar-refractivity contribution < 1.29 is 12.8 Å². The van der Waals surface area contributed by atoms with E-state index in [1.165, 1.54) is 4.88 Å². The van der Waals surface area contributed by atoms with Gasteiger partial charge in [0.2, 0.25) is 0 Å². The molecule has 0 radical (unpaired) electrons. The molecule has 0 unspecified atom stereocenters. The fraction of sp³-hybridized carbons (Fsp3) is 0.263. The monoisotopic (exact) mass is 371 g/mol. The van der Waals surface area contributed by atoms with Crippen molar-refractivity contribution in [1.82, 2.24) is 4.90 Å². The van der Waals surface area contributed by atoms with Crippen LogP contribution in [0, 0.1) is 0 Å². The van der Waals surface area contributed by atoms with Crippen molar-refractivity contribution in [1.29, 1.82) is 0 Å². The summed E-state index contributed by atoms with van der Waals surface area (Å²) in [6, 6.07) is 11.9. The van der Waals surface area contributed by atoms with E-state index >= 15 is 0 Å². The first kappa shape index (κ1) is 15.4. The molecule has 4 heterocycles. The molecule has 5 rings (SSSR count). The van der Waals surface area contributed by atoms with Gasteiger partial charge < -0.3 is 4.42 Å². The Morgan fingerprint density at radius 3 is 2.88 bits per heavy atom. The summed E-state index contributed by atoms with van der Waals surface area (Å²) in [7, 11) is -3.24. The van der Waals surface area contributed by atoms with Crippen molar-refractivity contribution in [3.8, 4) is 10.4 Å². The number of nitrogens with zero attached hydrogens (tertiary/aromatic N) is 1. The third kappa shape index (κ3) is 2.39. The highest BCUT2D eigenvalue weighted by Crippen LogP contribution is 2.46. The largest absolute Gasteiger partial charge is 0.472 e. The maximum atomic E-state index is 13.0. The zero-order valence-electron chi connectivity index (χ0n) is 13.5. The van der Waals surface area contributed by atoms with E-state index in [9.17, 15) is 8.42 Å². The maximum Gasteiger partial charge on any atom is 0.183 e. The van der Waals surface area contributed by atoms with Gasteiger partial charge in [-0.1, -0.05) is 12.1 Å². The molecule has 1 aromatic carbocycles. The van der Waals surface area contributed by atoms with Crippen molar-refractivity contribution in [3.05, 3.63) is 65.4 Å². The van der Waals surface area contributed by atoms with E-state index in [0.29, 0.717) is 11.4 Å². The number of rotatable bonds is 3. The minimum absolute atomic E-state index is 0.0619. The molecule has 2 atom stereocenters. The van der Waals surface area contributed by atoms with Gasteiger partial charge in [-0.2, -0.15) is 0 Å². The van der Waals surface area contributed by atoms with E-state index in [-0.39, 0.29) is 11.2 Å². The fourth-order valence-electron chi connectivity index (χ4n) is 4.09. The molecule has 1 fully saturated rings. The van der Waals surface area contributed by atoms with E-state index in [0.717, 1.165) is 29.8 Å². The highest BCUT2D eigenvalue weighted by atomic mass is 32.2. The lowest BCUT2D eigenvalue weighted by Gasteiger charge is -2.16. The van der Waals surface area contributed by atoms with E-state index in [4.69, 9.17) is 4.42 Å². The van der Waals surface area contributed by atoms with E-state index in [2.05, 4.69) is 17.0 Å². The molecule has 2 aliphatic rings. The second-order valence-corrected chi connectivity index (χ2v) is 9.83. The first-order valence-corrected chi connectivity index (χ1v) is 10.7. The molecule has 3 aromatic rings. The SMILES string of the molecule is O=S1(=O)c2ccc(-c3cccs3)cc2[C@H]2CN(Cc3ccoc3)C[C@@H]21. The molecule has 0 spiro atoms. The van der Waals surface area contributed by atoms with Crippen LogP contribution < -0.4 is 0 Å². The van der Waals surface area contributed by atoms with Gasteiger partial charge in [-0.15, -0.1) is 11.3 Å². The second kappa shape index (κ2) is 5.56. The summed E-state index contributed by atoms with van der Waals surface area (Å²) in [5.74, 6) is 0.0619. The number of hydrogen-bond acceptors (Lipinski definition) is 5. The predicted molar refractivity (Wildman–Crippen MR) is 97.5 cm³/mol. The third-order valence-electron chi connectivity index (χ3n) is 5.25. The number of thiophene rings is 1. The predicted octanol–water partition coefficient (Wildman–Crippen LogP) is 3.76. The smallest absolute Gasteiger partial charge is 0.183 e. The number of likely N-dealkylation sites (tertiary alicyclic amines) is 1. The Balaban J connectivity index is 1.51. The zero-order chi connectivity index (χ0) is 17.0. The number of benzene rings is 1. The Labute approximate surface area is 150 Å². The van der Waals surface area contributed by atoms with Gasteiger partial charge >= 0.3 is 0 Å². The van der Waals surface area contributed by atoms with E-state index in [1.54, 1.807) is 29.9 Å². The molecule has 4 nitrogen and oxygen atoms in total. The molecule has 0 saturated carbocycles. The summed E-state index contributed by atoms with van der Waals surface area (Å²) >= 11 is 1.68. The normalized spacial score (nSPS) is 24.3. The van der Waals surface area contributed by atoms with Gasteiger partial charge in [0, 0.05) is 36.0 Å². The Morgan fingerprint density at radius 2 is 2.12 bits per heavy atom. The third-order valence-corrected chi connectivity index (χ3v) is 8.43. The average Bonchev–Trinajstić information content (AvgIpc) is 3.37. The molecule has 25 heavy (non-hydrogen) atoms. The quantitative estimate of drug-likeness (QED) is 0.703. The number of hydrogen-bond donors (Lipinski definition) is 0. The zero-order valence-corrected chi connectivity index (χ0v) is 15.1. The van der Waals surface area contributed by atoms with Crippen molar-refractivity contribution in [2.75, 3.05) is 13.1 Å². The van der Waals surface area contributed by atoms with Crippen LogP contribution in [0.15, 0.2) is 63.6 Å². The molecule has 0 bridgehead atoms. The van der Waals surface area contributed by atoms with Crippen LogP contribution in [0.5, 0.6) is 0 Å². The molecule has 0 amide bonds. The van der Waals surface area contributed by atoms with Crippen molar-refractivity contribution in [2.45, 2.75) is 22.6 Å². The fourth-order valence-corrected chi connectivity index (χ4v) is 7.01. The van der Waals surface area contributed by atoms with Crippen LogP contribution in [0.2, 0.25) is 0 Å². The standard InChI is InChI=1S/C19H17NO3S2/c21-25(22)18-4-3-14(17-2-1-7-24-17)8-15(18)16-10-20(11-19(16)25)9-13-5-6-23-12-13/h1-8,12,16,19H,9-11H2/t16-,19+/m1/s1. The van der Waals surface area contributed by atoms with Gasteiger partial charge in [0.25, 0.3) is 0 Å².